The third-order valence-corrected chi connectivity index (χ3v) is 2.98. The van der Waals surface area contributed by atoms with Crippen LogP contribution in [-0.4, -0.2) is 18.1 Å². The lowest BCUT2D eigenvalue weighted by Crippen LogP contribution is -2.04. The van der Waals surface area contributed by atoms with Gasteiger partial charge in [-0.3, -0.25) is 4.98 Å². The number of hydrogen-bond donors (Lipinski definition) is 0. The van der Waals surface area contributed by atoms with E-state index in [4.69, 9.17) is 21.6 Å². The van der Waals surface area contributed by atoms with Crippen LogP contribution in [0.4, 0.5) is 0 Å². The van der Waals surface area contributed by atoms with Crippen molar-refractivity contribution in [3.8, 4) is 11.8 Å². The van der Waals surface area contributed by atoms with Crippen molar-refractivity contribution in [3.05, 3.63) is 58.4 Å². The molecule has 0 N–H and O–H groups in total. The van der Waals surface area contributed by atoms with E-state index in [1.807, 2.05) is 6.07 Å². The van der Waals surface area contributed by atoms with Crippen LogP contribution >= 0.6 is 11.6 Å². The van der Waals surface area contributed by atoms with Gasteiger partial charge in [-0.1, -0.05) is 11.6 Å². The molecule has 0 fully saturated rings. The summed E-state index contributed by atoms with van der Waals surface area (Å²) in [5.74, 6) is 0.0274. The number of aromatic nitrogens is 1. The van der Waals surface area contributed by atoms with Crippen LogP contribution in [0, 0.1) is 11.3 Å². The van der Waals surface area contributed by atoms with Gasteiger partial charge in [-0.05, 0) is 30.3 Å². The third kappa shape index (κ3) is 3.71. The molecule has 21 heavy (non-hydrogen) atoms. The molecule has 6 heteroatoms. The number of ether oxygens (including phenoxy) is 2. The first-order chi connectivity index (χ1) is 10.1. The Hall–Kier alpha value is -2.58. The number of benzene rings is 1. The predicted molar refractivity (Wildman–Crippen MR) is 76.1 cm³/mol. The van der Waals surface area contributed by atoms with Gasteiger partial charge in [0.25, 0.3) is 0 Å². The van der Waals surface area contributed by atoms with E-state index < -0.39 is 5.97 Å². The molecule has 1 heterocycles. The second-order valence-corrected chi connectivity index (χ2v) is 4.48. The smallest absolute Gasteiger partial charge is 0.339 e. The van der Waals surface area contributed by atoms with Gasteiger partial charge in [-0.2, -0.15) is 5.26 Å². The molecule has 0 spiro atoms. The van der Waals surface area contributed by atoms with Crippen LogP contribution in [0.3, 0.4) is 0 Å². The first kappa shape index (κ1) is 14.8. The minimum Gasteiger partial charge on any atom is -0.486 e. The quantitative estimate of drug-likeness (QED) is 0.812. The molecule has 0 aliphatic heterocycles. The molecule has 0 aliphatic carbocycles. The van der Waals surface area contributed by atoms with Gasteiger partial charge in [0.1, 0.15) is 12.4 Å². The minimum absolute atomic E-state index is 0.201. The summed E-state index contributed by atoms with van der Waals surface area (Å²) in [5, 5.41) is 9.12. The van der Waals surface area contributed by atoms with Crippen molar-refractivity contribution in [2.24, 2.45) is 0 Å². The van der Waals surface area contributed by atoms with Crippen molar-refractivity contribution >= 4 is 17.6 Å². The molecule has 0 amide bonds. The fourth-order valence-corrected chi connectivity index (χ4v) is 1.82. The van der Waals surface area contributed by atoms with Crippen LogP contribution in [0.5, 0.6) is 5.75 Å². The standard InChI is InChI=1S/C15H11ClN2O3/c1-20-15(19)11-3-4-12(18-8-11)9-21-14-5-2-10(7-17)6-13(14)16/h2-6,8H,9H2,1H3. The maximum atomic E-state index is 11.3. The first-order valence-corrected chi connectivity index (χ1v) is 6.37. The number of nitrogens with zero attached hydrogens (tertiary/aromatic N) is 2. The number of hydrogen-bond acceptors (Lipinski definition) is 5. The molecular formula is C15H11ClN2O3. The number of rotatable bonds is 4. The number of carbonyl (C=O) groups excluding carboxylic acids is 1. The monoisotopic (exact) mass is 302 g/mol. The lowest BCUT2D eigenvalue weighted by Gasteiger charge is -2.08. The molecule has 2 rings (SSSR count). The van der Waals surface area contributed by atoms with Crippen molar-refractivity contribution in [2.45, 2.75) is 6.61 Å². The summed E-state index contributed by atoms with van der Waals surface area (Å²) >= 11 is 6.00. The number of halogens is 1. The van der Waals surface area contributed by atoms with Gasteiger partial charge < -0.3 is 9.47 Å². The highest BCUT2D eigenvalue weighted by atomic mass is 35.5. The summed E-state index contributed by atoms with van der Waals surface area (Å²) < 4.78 is 10.1. The van der Waals surface area contributed by atoms with Gasteiger partial charge in [-0.25, -0.2) is 4.79 Å². The van der Waals surface area contributed by atoms with Crippen molar-refractivity contribution in [1.29, 1.82) is 5.26 Å². The normalized spacial score (nSPS) is 9.76. The van der Waals surface area contributed by atoms with Crippen LogP contribution in [0.15, 0.2) is 36.5 Å². The minimum atomic E-state index is -0.440. The lowest BCUT2D eigenvalue weighted by molar-refractivity contribution is 0.0600. The summed E-state index contributed by atoms with van der Waals surface area (Å²) in [6.07, 6.45) is 1.42. The number of carbonyl (C=O) groups is 1. The van der Waals surface area contributed by atoms with Crippen molar-refractivity contribution in [2.75, 3.05) is 7.11 Å². The zero-order valence-corrected chi connectivity index (χ0v) is 11.9. The van der Waals surface area contributed by atoms with Crippen molar-refractivity contribution in [1.82, 2.24) is 4.98 Å². The number of pyridine rings is 1. The number of methoxy groups -OCH3 is 1. The second kappa shape index (κ2) is 6.73. The van der Waals surface area contributed by atoms with Crippen LogP contribution < -0.4 is 4.74 Å². The molecule has 0 atom stereocenters. The van der Waals surface area contributed by atoms with Gasteiger partial charge in [0, 0.05) is 6.20 Å². The zero-order chi connectivity index (χ0) is 15.2. The number of nitriles is 1. The molecule has 0 unspecified atom stereocenters. The third-order valence-electron chi connectivity index (χ3n) is 2.68. The molecule has 106 valence electrons. The van der Waals surface area contributed by atoms with E-state index >= 15 is 0 Å². The van der Waals surface area contributed by atoms with E-state index in [1.54, 1.807) is 24.3 Å². The molecule has 0 saturated heterocycles. The average molecular weight is 303 g/mol. The highest BCUT2D eigenvalue weighted by molar-refractivity contribution is 6.32. The Balaban J connectivity index is 2.03. The van der Waals surface area contributed by atoms with E-state index in [2.05, 4.69) is 9.72 Å². The van der Waals surface area contributed by atoms with E-state index in [1.165, 1.54) is 19.4 Å². The van der Waals surface area contributed by atoms with E-state index in [9.17, 15) is 4.79 Å². The van der Waals surface area contributed by atoms with E-state index in [-0.39, 0.29) is 6.61 Å². The number of esters is 1. The Bertz CT molecular complexity index is 693. The van der Waals surface area contributed by atoms with Gasteiger partial charge in [0.05, 0.1) is 35.0 Å². The second-order valence-electron chi connectivity index (χ2n) is 4.08. The summed E-state index contributed by atoms with van der Waals surface area (Å²) in [6.45, 7) is 0.201. The molecule has 5 nitrogen and oxygen atoms in total. The molecular weight excluding hydrogens is 292 g/mol. The van der Waals surface area contributed by atoms with Crippen LogP contribution in [0.25, 0.3) is 0 Å². The largest absolute Gasteiger partial charge is 0.486 e. The summed E-state index contributed by atoms with van der Waals surface area (Å²) in [7, 11) is 1.31. The summed E-state index contributed by atoms with van der Waals surface area (Å²) in [6, 6.07) is 10.1. The van der Waals surface area contributed by atoms with Crippen LogP contribution in [-0.2, 0) is 11.3 Å². The zero-order valence-electron chi connectivity index (χ0n) is 11.2. The van der Waals surface area contributed by atoms with E-state index in [0.717, 1.165) is 0 Å². The predicted octanol–water partition coefficient (Wildman–Crippen LogP) is 2.97. The Morgan fingerprint density at radius 3 is 2.76 bits per heavy atom. The molecule has 1 aromatic heterocycles. The summed E-state index contributed by atoms with van der Waals surface area (Å²) in [5.41, 5.74) is 1.48. The molecule has 0 aliphatic rings. The Morgan fingerprint density at radius 2 is 2.19 bits per heavy atom. The Morgan fingerprint density at radius 1 is 1.38 bits per heavy atom. The lowest BCUT2D eigenvalue weighted by atomic mass is 10.2. The van der Waals surface area contributed by atoms with Crippen LogP contribution in [0.1, 0.15) is 21.6 Å². The van der Waals surface area contributed by atoms with Gasteiger partial charge >= 0.3 is 5.97 Å². The maximum Gasteiger partial charge on any atom is 0.339 e. The molecule has 1 aromatic carbocycles. The van der Waals surface area contributed by atoms with Gasteiger partial charge in [0.15, 0.2) is 0 Å². The SMILES string of the molecule is COC(=O)c1ccc(COc2ccc(C#N)cc2Cl)nc1. The first-order valence-electron chi connectivity index (χ1n) is 5.99. The highest BCUT2D eigenvalue weighted by Crippen LogP contribution is 2.25. The Kier molecular flexibility index (Phi) is 4.75. The fourth-order valence-electron chi connectivity index (χ4n) is 1.59. The highest BCUT2D eigenvalue weighted by Gasteiger charge is 2.07. The van der Waals surface area contributed by atoms with E-state index in [0.29, 0.717) is 27.6 Å². The fraction of sp³-hybridized carbons (Fsp3) is 0.133. The summed E-state index contributed by atoms with van der Waals surface area (Å²) in [4.78, 5) is 15.4. The van der Waals surface area contributed by atoms with Gasteiger partial charge in [0.2, 0.25) is 0 Å². The Labute approximate surface area is 126 Å². The molecule has 0 bridgehead atoms. The maximum absolute atomic E-state index is 11.3. The van der Waals surface area contributed by atoms with Gasteiger partial charge in [-0.15, -0.1) is 0 Å². The van der Waals surface area contributed by atoms with Crippen molar-refractivity contribution < 1.29 is 14.3 Å². The van der Waals surface area contributed by atoms with Crippen molar-refractivity contribution in [3.63, 3.8) is 0 Å². The molecule has 0 radical (unpaired) electrons. The van der Waals surface area contributed by atoms with Crippen LogP contribution in [0.2, 0.25) is 5.02 Å². The molecule has 0 saturated carbocycles. The average Bonchev–Trinajstić information content (AvgIpc) is 2.53. The molecule has 2 aromatic rings. The topological polar surface area (TPSA) is 72.2 Å².